The number of piperidine rings is 1. The van der Waals surface area contributed by atoms with Gasteiger partial charge in [0, 0.05) is 40.3 Å². The maximum atomic E-state index is 12.5. The molecule has 2 aromatic rings. The van der Waals surface area contributed by atoms with Gasteiger partial charge in [0.2, 0.25) is 0 Å². The Labute approximate surface area is 156 Å². The largest absolute Gasteiger partial charge is 0.349 e. The van der Waals surface area contributed by atoms with E-state index in [9.17, 15) is 9.59 Å². The Balaban J connectivity index is 1.54. The standard InChI is InChI=1S/C19H18Cl2N2O2/c20-15-6-4-13(5-7-15)19(25)23-10-8-17(9-11-23)22-18(24)14-2-1-3-16(21)12-14/h1-7,12,17H,8-11H2,(H,22,24). The van der Waals surface area contributed by atoms with Crippen LogP contribution < -0.4 is 5.32 Å². The molecule has 1 aliphatic heterocycles. The molecular weight excluding hydrogens is 359 g/mol. The second kappa shape index (κ2) is 7.89. The van der Waals surface area contributed by atoms with Crippen LogP contribution in [0.3, 0.4) is 0 Å². The Hall–Kier alpha value is -2.04. The third-order valence-corrected chi connectivity index (χ3v) is 4.78. The van der Waals surface area contributed by atoms with E-state index in [0.717, 1.165) is 12.8 Å². The highest BCUT2D eigenvalue weighted by Crippen LogP contribution is 2.17. The number of amides is 2. The number of rotatable bonds is 3. The molecule has 1 saturated heterocycles. The molecule has 0 spiro atoms. The molecule has 130 valence electrons. The normalized spacial score (nSPS) is 15.0. The zero-order valence-electron chi connectivity index (χ0n) is 13.5. The van der Waals surface area contributed by atoms with E-state index in [0.29, 0.717) is 34.3 Å². The molecule has 0 atom stereocenters. The predicted molar refractivity (Wildman–Crippen MR) is 99.3 cm³/mol. The van der Waals surface area contributed by atoms with Crippen molar-refractivity contribution in [2.24, 2.45) is 0 Å². The molecular formula is C19H18Cl2N2O2. The van der Waals surface area contributed by atoms with Gasteiger partial charge in [0.05, 0.1) is 0 Å². The summed E-state index contributed by atoms with van der Waals surface area (Å²) in [5.41, 5.74) is 1.18. The number of benzene rings is 2. The molecule has 0 aromatic heterocycles. The molecule has 1 aliphatic rings. The van der Waals surface area contributed by atoms with Gasteiger partial charge in [0.15, 0.2) is 0 Å². The van der Waals surface area contributed by atoms with Gasteiger partial charge >= 0.3 is 0 Å². The molecule has 0 radical (unpaired) electrons. The van der Waals surface area contributed by atoms with Crippen LogP contribution in [0.2, 0.25) is 10.0 Å². The Morgan fingerprint density at radius 3 is 2.24 bits per heavy atom. The Bertz CT molecular complexity index is 769. The number of nitrogens with zero attached hydrogens (tertiary/aromatic N) is 1. The van der Waals surface area contributed by atoms with Gasteiger partial charge in [-0.15, -0.1) is 0 Å². The first-order valence-electron chi connectivity index (χ1n) is 8.14. The lowest BCUT2D eigenvalue weighted by atomic mass is 10.0. The maximum Gasteiger partial charge on any atom is 0.253 e. The van der Waals surface area contributed by atoms with Crippen LogP contribution in [0.5, 0.6) is 0 Å². The van der Waals surface area contributed by atoms with Crippen molar-refractivity contribution in [3.63, 3.8) is 0 Å². The number of halogens is 2. The van der Waals surface area contributed by atoms with Crippen LogP contribution in [0.15, 0.2) is 48.5 Å². The smallest absolute Gasteiger partial charge is 0.253 e. The molecule has 2 aromatic carbocycles. The Kier molecular flexibility index (Phi) is 5.61. The molecule has 4 nitrogen and oxygen atoms in total. The monoisotopic (exact) mass is 376 g/mol. The summed E-state index contributed by atoms with van der Waals surface area (Å²) in [6.07, 6.45) is 1.46. The fraction of sp³-hybridized carbons (Fsp3) is 0.263. The third-order valence-electron chi connectivity index (χ3n) is 4.30. The van der Waals surface area contributed by atoms with E-state index in [1.807, 2.05) is 4.90 Å². The molecule has 0 bridgehead atoms. The Morgan fingerprint density at radius 1 is 0.920 bits per heavy atom. The molecule has 0 aliphatic carbocycles. The van der Waals surface area contributed by atoms with Gasteiger partial charge in [-0.05, 0) is 55.3 Å². The third kappa shape index (κ3) is 4.53. The summed E-state index contributed by atoms with van der Waals surface area (Å²) >= 11 is 11.8. The van der Waals surface area contributed by atoms with Crippen molar-refractivity contribution in [1.82, 2.24) is 10.2 Å². The average Bonchev–Trinajstić information content (AvgIpc) is 2.62. The van der Waals surface area contributed by atoms with E-state index in [1.54, 1.807) is 48.5 Å². The quantitative estimate of drug-likeness (QED) is 0.878. The van der Waals surface area contributed by atoms with Gasteiger partial charge in [-0.1, -0.05) is 29.3 Å². The highest BCUT2D eigenvalue weighted by atomic mass is 35.5. The van der Waals surface area contributed by atoms with Crippen LogP contribution in [-0.2, 0) is 0 Å². The van der Waals surface area contributed by atoms with Gasteiger partial charge < -0.3 is 10.2 Å². The zero-order chi connectivity index (χ0) is 17.8. The second-order valence-electron chi connectivity index (χ2n) is 6.06. The minimum atomic E-state index is -0.134. The van der Waals surface area contributed by atoms with E-state index >= 15 is 0 Å². The van der Waals surface area contributed by atoms with Crippen molar-refractivity contribution in [2.75, 3.05) is 13.1 Å². The van der Waals surface area contributed by atoms with Gasteiger partial charge in [-0.2, -0.15) is 0 Å². The van der Waals surface area contributed by atoms with Crippen LogP contribution in [-0.4, -0.2) is 35.8 Å². The fourth-order valence-electron chi connectivity index (χ4n) is 2.90. The van der Waals surface area contributed by atoms with Gasteiger partial charge in [0.25, 0.3) is 11.8 Å². The highest BCUT2D eigenvalue weighted by molar-refractivity contribution is 6.31. The van der Waals surface area contributed by atoms with Gasteiger partial charge in [-0.25, -0.2) is 0 Å². The molecule has 3 rings (SSSR count). The van der Waals surface area contributed by atoms with Crippen molar-refractivity contribution < 1.29 is 9.59 Å². The van der Waals surface area contributed by atoms with Crippen LogP contribution in [0.25, 0.3) is 0 Å². The topological polar surface area (TPSA) is 49.4 Å². The zero-order valence-corrected chi connectivity index (χ0v) is 15.1. The first-order chi connectivity index (χ1) is 12.0. The minimum Gasteiger partial charge on any atom is -0.349 e. The molecule has 0 unspecified atom stereocenters. The summed E-state index contributed by atoms with van der Waals surface area (Å²) < 4.78 is 0. The molecule has 2 amide bonds. The predicted octanol–water partition coefficient (Wildman–Crippen LogP) is 4.03. The van der Waals surface area contributed by atoms with E-state index in [4.69, 9.17) is 23.2 Å². The molecule has 6 heteroatoms. The number of hydrogen-bond donors (Lipinski definition) is 1. The van der Waals surface area contributed by atoms with Crippen molar-refractivity contribution in [1.29, 1.82) is 0 Å². The average molecular weight is 377 g/mol. The lowest BCUT2D eigenvalue weighted by molar-refractivity contribution is 0.0698. The summed E-state index contributed by atoms with van der Waals surface area (Å²) in [7, 11) is 0. The SMILES string of the molecule is O=C(NC1CCN(C(=O)c2ccc(Cl)cc2)CC1)c1cccc(Cl)c1. The van der Waals surface area contributed by atoms with Crippen molar-refractivity contribution in [3.05, 3.63) is 69.7 Å². The summed E-state index contributed by atoms with van der Waals surface area (Å²) in [5.74, 6) is -0.138. The molecule has 25 heavy (non-hydrogen) atoms. The second-order valence-corrected chi connectivity index (χ2v) is 6.93. The van der Waals surface area contributed by atoms with Gasteiger partial charge in [-0.3, -0.25) is 9.59 Å². The number of hydrogen-bond acceptors (Lipinski definition) is 2. The van der Waals surface area contributed by atoms with Crippen LogP contribution in [0, 0.1) is 0 Å². The number of likely N-dealkylation sites (tertiary alicyclic amines) is 1. The number of nitrogens with one attached hydrogen (secondary N) is 1. The molecule has 1 N–H and O–H groups in total. The number of carbonyl (C=O) groups is 2. The van der Waals surface area contributed by atoms with Crippen LogP contribution in [0.1, 0.15) is 33.6 Å². The minimum absolute atomic E-state index is 0.00344. The van der Waals surface area contributed by atoms with Gasteiger partial charge in [0.1, 0.15) is 0 Å². The molecule has 1 heterocycles. The highest BCUT2D eigenvalue weighted by Gasteiger charge is 2.24. The summed E-state index contributed by atoms with van der Waals surface area (Å²) in [4.78, 5) is 26.6. The summed E-state index contributed by atoms with van der Waals surface area (Å²) in [6.45, 7) is 1.23. The van der Waals surface area contributed by atoms with E-state index in [-0.39, 0.29) is 17.9 Å². The molecule has 0 saturated carbocycles. The molecule has 1 fully saturated rings. The van der Waals surface area contributed by atoms with Crippen molar-refractivity contribution in [2.45, 2.75) is 18.9 Å². The summed E-state index contributed by atoms with van der Waals surface area (Å²) in [5, 5.41) is 4.16. The van der Waals surface area contributed by atoms with E-state index in [1.165, 1.54) is 0 Å². The number of carbonyl (C=O) groups excluding carboxylic acids is 2. The Morgan fingerprint density at radius 2 is 1.60 bits per heavy atom. The van der Waals surface area contributed by atoms with Crippen LogP contribution in [0.4, 0.5) is 0 Å². The lowest BCUT2D eigenvalue weighted by Crippen LogP contribution is -2.46. The van der Waals surface area contributed by atoms with E-state index < -0.39 is 0 Å². The lowest BCUT2D eigenvalue weighted by Gasteiger charge is -2.32. The first-order valence-corrected chi connectivity index (χ1v) is 8.90. The summed E-state index contributed by atoms with van der Waals surface area (Å²) in [6, 6.07) is 13.8. The van der Waals surface area contributed by atoms with Crippen molar-refractivity contribution in [3.8, 4) is 0 Å². The van der Waals surface area contributed by atoms with E-state index in [2.05, 4.69) is 5.32 Å². The van der Waals surface area contributed by atoms with Crippen molar-refractivity contribution >= 4 is 35.0 Å². The van der Waals surface area contributed by atoms with Crippen LogP contribution >= 0.6 is 23.2 Å². The first kappa shape index (κ1) is 17.8. The maximum absolute atomic E-state index is 12.5. The fourth-order valence-corrected chi connectivity index (χ4v) is 3.22.